The van der Waals surface area contributed by atoms with Crippen LogP contribution in [-0.2, 0) is 11.3 Å². The largest absolute Gasteiger partial charge is 0.380 e. The van der Waals surface area contributed by atoms with Crippen molar-refractivity contribution in [3.8, 4) is 0 Å². The summed E-state index contributed by atoms with van der Waals surface area (Å²) in [4.78, 5) is 15.3. The molecular formula is C10H8Br2N2O2. The first-order chi connectivity index (χ1) is 7.50. The molecule has 0 aliphatic heterocycles. The molecule has 1 aliphatic carbocycles. The SMILES string of the molecule is O=C1C(Br)=CC(O)(Cn2ccnc2)C=C1Br. The number of aliphatic hydroxyl groups is 1. The molecule has 1 N–H and O–H groups in total. The third kappa shape index (κ3) is 2.34. The zero-order valence-electron chi connectivity index (χ0n) is 8.10. The summed E-state index contributed by atoms with van der Waals surface area (Å²) < 4.78 is 2.44. The van der Waals surface area contributed by atoms with E-state index < -0.39 is 5.60 Å². The number of Topliss-reactive ketones (excluding diaryl/α,β-unsaturated/α-hetero) is 1. The summed E-state index contributed by atoms with van der Waals surface area (Å²) in [6.07, 6.45) is 7.96. The number of aromatic nitrogens is 2. The van der Waals surface area contributed by atoms with Crippen LogP contribution >= 0.6 is 31.9 Å². The van der Waals surface area contributed by atoms with Gasteiger partial charge < -0.3 is 9.67 Å². The van der Waals surface area contributed by atoms with Crippen LogP contribution in [0.5, 0.6) is 0 Å². The molecule has 84 valence electrons. The second-order valence-electron chi connectivity index (χ2n) is 3.54. The van der Waals surface area contributed by atoms with Crippen molar-refractivity contribution in [2.75, 3.05) is 0 Å². The molecule has 4 nitrogen and oxygen atoms in total. The molecule has 0 aromatic carbocycles. The number of imidazole rings is 1. The lowest BCUT2D eigenvalue weighted by molar-refractivity contribution is -0.111. The Morgan fingerprint density at radius 2 is 2.00 bits per heavy atom. The number of carbonyl (C=O) groups is 1. The molecule has 0 unspecified atom stereocenters. The van der Waals surface area contributed by atoms with E-state index in [1.54, 1.807) is 23.3 Å². The van der Waals surface area contributed by atoms with E-state index in [0.29, 0.717) is 15.5 Å². The summed E-state index contributed by atoms with van der Waals surface area (Å²) in [7, 11) is 0. The van der Waals surface area contributed by atoms with E-state index in [1.807, 2.05) is 0 Å². The van der Waals surface area contributed by atoms with Crippen LogP contribution in [0.4, 0.5) is 0 Å². The summed E-state index contributed by atoms with van der Waals surface area (Å²) in [6, 6.07) is 0. The van der Waals surface area contributed by atoms with Gasteiger partial charge in [-0.1, -0.05) is 0 Å². The van der Waals surface area contributed by atoms with Crippen LogP contribution in [0.1, 0.15) is 0 Å². The van der Waals surface area contributed by atoms with Gasteiger partial charge in [-0.2, -0.15) is 0 Å². The van der Waals surface area contributed by atoms with Crippen molar-refractivity contribution in [1.82, 2.24) is 9.55 Å². The first-order valence-electron chi connectivity index (χ1n) is 4.50. The molecule has 0 atom stereocenters. The molecule has 1 aromatic heterocycles. The van der Waals surface area contributed by atoms with Gasteiger partial charge in [0.2, 0.25) is 5.78 Å². The van der Waals surface area contributed by atoms with Crippen molar-refractivity contribution in [3.63, 3.8) is 0 Å². The van der Waals surface area contributed by atoms with Gasteiger partial charge in [0.05, 0.1) is 21.8 Å². The van der Waals surface area contributed by atoms with Gasteiger partial charge in [-0.25, -0.2) is 4.98 Å². The van der Waals surface area contributed by atoms with E-state index in [0.717, 1.165) is 0 Å². The number of hydrogen-bond donors (Lipinski definition) is 1. The summed E-state index contributed by atoms with van der Waals surface area (Å²) >= 11 is 6.26. The zero-order valence-corrected chi connectivity index (χ0v) is 11.3. The van der Waals surface area contributed by atoms with E-state index in [9.17, 15) is 9.90 Å². The molecule has 0 radical (unpaired) electrons. The van der Waals surface area contributed by atoms with Gasteiger partial charge in [0.15, 0.2) is 0 Å². The fraction of sp³-hybridized carbons (Fsp3) is 0.200. The van der Waals surface area contributed by atoms with E-state index in [4.69, 9.17) is 0 Å². The molecule has 0 amide bonds. The molecule has 0 fully saturated rings. The highest BCUT2D eigenvalue weighted by Gasteiger charge is 2.30. The Labute approximate surface area is 109 Å². The van der Waals surface area contributed by atoms with E-state index >= 15 is 0 Å². The van der Waals surface area contributed by atoms with Crippen molar-refractivity contribution in [1.29, 1.82) is 0 Å². The Morgan fingerprint density at radius 3 is 2.50 bits per heavy atom. The van der Waals surface area contributed by atoms with Gasteiger partial charge in [0.1, 0.15) is 5.60 Å². The van der Waals surface area contributed by atoms with Crippen molar-refractivity contribution in [2.45, 2.75) is 12.1 Å². The van der Waals surface area contributed by atoms with E-state index in [1.165, 1.54) is 12.2 Å². The summed E-state index contributed by atoms with van der Waals surface area (Å²) in [5.41, 5.74) is -1.19. The molecule has 0 saturated heterocycles. The molecule has 2 rings (SSSR count). The van der Waals surface area contributed by atoms with Gasteiger partial charge in [0.25, 0.3) is 0 Å². The molecule has 1 heterocycles. The van der Waals surface area contributed by atoms with Crippen molar-refractivity contribution >= 4 is 37.6 Å². The Hall–Kier alpha value is -0.720. The number of nitrogens with zero attached hydrogens (tertiary/aromatic N) is 2. The lowest BCUT2D eigenvalue weighted by Gasteiger charge is -2.25. The fourth-order valence-electron chi connectivity index (χ4n) is 1.49. The van der Waals surface area contributed by atoms with Crippen molar-refractivity contribution in [3.05, 3.63) is 39.8 Å². The number of halogens is 2. The molecule has 0 spiro atoms. The van der Waals surface area contributed by atoms with E-state index in [-0.39, 0.29) is 5.78 Å². The van der Waals surface area contributed by atoms with Gasteiger partial charge in [0, 0.05) is 12.4 Å². The molecule has 6 heteroatoms. The predicted octanol–water partition coefficient (Wildman–Crippen LogP) is 1.75. The summed E-state index contributed by atoms with van der Waals surface area (Å²) in [6.45, 7) is 0.310. The highest BCUT2D eigenvalue weighted by atomic mass is 79.9. The standard InChI is InChI=1S/C10H8Br2N2O2/c11-7-3-10(16,4-8(12)9(7)15)5-14-2-1-13-6-14/h1-4,6,16H,5H2. The van der Waals surface area contributed by atoms with Crippen LogP contribution in [-0.4, -0.2) is 26.0 Å². The third-order valence-electron chi connectivity index (χ3n) is 2.18. The maximum absolute atomic E-state index is 11.5. The van der Waals surface area contributed by atoms with Crippen LogP contribution < -0.4 is 0 Å². The first kappa shape index (κ1) is 11.8. The quantitative estimate of drug-likeness (QED) is 0.886. The van der Waals surface area contributed by atoms with Crippen LogP contribution in [0.15, 0.2) is 39.8 Å². The van der Waals surface area contributed by atoms with E-state index in [2.05, 4.69) is 36.8 Å². The number of hydrogen-bond acceptors (Lipinski definition) is 3. The Morgan fingerprint density at radius 1 is 1.38 bits per heavy atom. The first-order valence-corrected chi connectivity index (χ1v) is 6.08. The normalized spacial score (nSPS) is 19.3. The monoisotopic (exact) mass is 346 g/mol. The molecule has 0 saturated carbocycles. The topological polar surface area (TPSA) is 55.1 Å². The highest BCUT2D eigenvalue weighted by molar-refractivity contribution is 9.13. The smallest absolute Gasteiger partial charge is 0.206 e. The van der Waals surface area contributed by atoms with Crippen molar-refractivity contribution in [2.24, 2.45) is 0 Å². The number of carbonyl (C=O) groups excluding carboxylic acids is 1. The van der Waals surface area contributed by atoms with Gasteiger partial charge in [-0.15, -0.1) is 0 Å². The number of allylic oxidation sites excluding steroid dienone is 2. The average molecular weight is 348 g/mol. The summed E-state index contributed by atoms with van der Waals surface area (Å²) in [5.74, 6) is -0.171. The molecular weight excluding hydrogens is 340 g/mol. The van der Waals surface area contributed by atoms with Crippen LogP contribution in [0, 0.1) is 0 Å². The van der Waals surface area contributed by atoms with Gasteiger partial charge >= 0.3 is 0 Å². The minimum Gasteiger partial charge on any atom is -0.380 e. The summed E-state index contributed by atoms with van der Waals surface area (Å²) in [5, 5.41) is 10.3. The number of rotatable bonds is 2. The predicted molar refractivity (Wildman–Crippen MR) is 66.2 cm³/mol. The average Bonchev–Trinajstić information content (AvgIpc) is 2.66. The third-order valence-corrected chi connectivity index (χ3v) is 3.36. The minimum atomic E-state index is -1.19. The molecule has 16 heavy (non-hydrogen) atoms. The molecule has 0 bridgehead atoms. The maximum atomic E-state index is 11.5. The van der Waals surface area contributed by atoms with Crippen LogP contribution in [0.25, 0.3) is 0 Å². The highest BCUT2D eigenvalue weighted by Crippen LogP contribution is 2.30. The van der Waals surface area contributed by atoms with Gasteiger partial charge in [-0.3, -0.25) is 4.79 Å². The van der Waals surface area contributed by atoms with Crippen LogP contribution in [0.2, 0.25) is 0 Å². The number of ketones is 1. The Kier molecular flexibility index (Phi) is 3.14. The second-order valence-corrected chi connectivity index (χ2v) is 5.25. The van der Waals surface area contributed by atoms with Crippen molar-refractivity contribution < 1.29 is 9.90 Å². The lowest BCUT2D eigenvalue weighted by Crippen LogP contribution is -2.33. The lowest BCUT2D eigenvalue weighted by atomic mass is 9.97. The van der Waals surface area contributed by atoms with Crippen LogP contribution in [0.3, 0.4) is 0 Å². The second kappa shape index (κ2) is 4.27. The Bertz CT molecular complexity index is 455. The fourth-order valence-corrected chi connectivity index (χ4v) is 2.98. The zero-order chi connectivity index (χ0) is 11.8. The maximum Gasteiger partial charge on any atom is 0.206 e. The Balaban J connectivity index is 2.29. The molecule has 1 aliphatic rings. The minimum absolute atomic E-state index is 0.171. The van der Waals surface area contributed by atoms with Gasteiger partial charge in [-0.05, 0) is 44.0 Å². The molecule has 1 aromatic rings.